The molecule has 0 heterocycles. The van der Waals surface area contributed by atoms with Crippen molar-refractivity contribution in [3.05, 3.63) is 42.4 Å². The van der Waals surface area contributed by atoms with E-state index in [9.17, 15) is 13.0 Å². The van der Waals surface area contributed by atoms with Crippen LogP contribution >= 0.6 is 56.0 Å². The Bertz CT molecular complexity index is 685. The number of aromatic carboxylic acids is 1. The molecule has 2 aromatic carbocycles. The largest absolute Gasteiger partial charge is 0.478 e. The molecule has 94 valence electrons. The number of carbonyl (C=O) groups is 1. The van der Waals surface area contributed by atoms with E-state index >= 15 is 0 Å². The molecule has 0 saturated heterocycles. The third-order valence-corrected chi connectivity index (χ3v) is 5.39. The van der Waals surface area contributed by atoms with E-state index in [1.54, 1.807) is 0 Å². The van der Waals surface area contributed by atoms with Gasteiger partial charge in [0, 0.05) is 5.39 Å². The molecular formula is C11H4Cl3IO3. The molecule has 0 aliphatic rings. The van der Waals surface area contributed by atoms with Gasteiger partial charge >= 0.3 is 5.97 Å². The van der Waals surface area contributed by atoms with Gasteiger partial charge in [-0.15, -0.1) is 0 Å². The Morgan fingerprint density at radius 3 is 2.33 bits per heavy atom. The molecule has 1 N–H and O–H groups in total. The number of benzene rings is 2. The summed E-state index contributed by atoms with van der Waals surface area (Å²) in [5.41, 5.74) is -0.0705. The molecule has 0 radical (unpaired) electrons. The summed E-state index contributed by atoms with van der Waals surface area (Å²) in [5, 5.41) is 10.7. The van der Waals surface area contributed by atoms with Crippen LogP contribution in [0, 0.1) is 3.57 Å². The van der Waals surface area contributed by atoms with Crippen LogP contribution < -0.4 is 0 Å². The Morgan fingerprint density at radius 2 is 1.78 bits per heavy atom. The average Bonchev–Trinajstić information content (AvgIpc) is 2.32. The smallest absolute Gasteiger partial charge is 0.337 e. The molecule has 0 spiro atoms. The van der Waals surface area contributed by atoms with Crippen LogP contribution in [0.5, 0.6) is 0 Å². The van der Waals surface area contributed by atoms with Crippen LogP contribution in [-0.2, 0) is 3.07 Å². The SMILES string of the molecule is O=Ic1c(Cl)cc2c(Cl)c(Cl)ccc2c1C(=O)O. The van der Waals surface area contributed by atoms with Crippen molar-refractivity contribution >= 4 is 72.7 Å². The summed E-state index contributed by atoms with van der Waals surface area (Å²) in [5.74, 6) is -1.19. The number of rotatable bonds is 2. The number of hydrogen-bond donors (Lipinski definition) is 1. The molecule has 0 atom stereocenters. The lowest BCUT2D eigenvalue weighted by Gasteiger charge is -2.09. The van der Waals surface area contributed by atoms with Crippen molar-refractivity contribution in [3.63, 3.8) is 0 Å². The summed E-state index contributed by atoms with van der Waals surface area (Å²) >= 11 is 16.1. The Morgan fingerprint density at radius 1 is 1.11 bits per heavy atom. The van der Waals surface area contributed by atoms with Crippen molar-refractivity contribution in [2.45, 2.75) is 0 Å². The topological polar surface area (TPSA) is 54.4 Å². The molecule has 2 aromatic rings. The average molecular weight is 417 g/mol. The fraction of sp³-hybridized carbons (Fsp3) is 0. The first-order valence-corrected chi connectivity index (χ1v) is 7.67. The molecule has 0 aliphatic carbocycles. The van der Waals surface area contributed by atoms with E-state index in [1.165, 1.54) is 18.2 Å². The van der Waals surface area contributed by atoms with Gasteiger partial charge in [-0.05, 0) is 17.5 Å². The molecule has 0 fully saturated rings. The van der Waals surface area contributed by atoms with E-state index in [4.69, 9.17) is 34.8 Å². The predicted molar refractivity (Wildman–Crippen MR) is 79.3 cm³/mol. The van der Waals surface area contributed by atoms with Crippen LogP contribution in [0.4, 0.5) is 0 Å². The van der Waals surface area contributed by atoms with E-state index in [0.29, 0.717) is 15.8 Å². The summed E-state index contributed by atoms with van der Waals surface area (Å²) in [7, 11) is 0. The Labute approximate surface area is 127 Å². The lowest BCUT2D eigenvalue weighted by atomic mass is 10.0. The Balaban J connectivity index is 3.05. The summed E-state index contributed by atoms with van der Waals surface area (Å²) in [6.07, 6.45) is 0. The molecule has 0 amide bonds. The van der Waals surface area contributed by atoms with Gasteiger partial charge < -0.3 is 5.11 Å². The second kappa shape index (κ2) is 5.28. The number of hydrogen-bond acceptors (Lipinski definition) is 2. The molecule has 0 bridgehead atoms. The van der Waals surface area contributed by atoms with Crippen LogP contribution in [0.1, 0.15) is 10.4 Å². The molecule has 3 nitrogen and oxygen atoms in total. The molecule has 18 heavy (non-hydrogen) atoms. The molecule has 0 aromatic heterocycles. The van der Waals surface area contributed by atoms with Crippen molar-refractivity contribution in [2.75, 3.05) is 0 Å². The highest BCUT2D eigenvalue weighted by Gasteiger charge is 2.20. The van der Waals surface area contributed by atoms with Crippen LogP contribution in [0.25, 0.3) is 10.8 Å². The van der Waals surface area contributed by atoms with Gasteiger partial charge in [0.1, 0.15) is 0 Å². The third-order valence-electron chi connectivity index (χ3n) is 2.39. The van der Waals surface area contributed by atoms with Gasteiger partial charge in [-0.1, -0.05) is 40.9 Å². The standard InChI is InChI=1S/C11H4Cl3IO3/c12-6-2-1-4-5(9(6)14)3-7(13)10(15-18)8(4)11(16)17/h1-3H,(H,16,17). The Kier molecular flexibility index (Phi) is 4.11. The second-order valence-corrected chi connectivity index (χ2v) is 6.10. The van der Waals surface area contributed by atoms with Crippen molar-refractivity contribution in [2.24, 2.45) is 0 Å². The van der Waals surface area contributed by atoms with Gasteiger partial charge in [0.05, 0.1) is 24.2 Å². The zero-order valence-corrected chi connectivity index (χ0v) is 12.9. The maximum atomic E-state index is 11.3. The number of halogens is 4. The van der Waals surface area contributed by atoms with E-state index in [2.05, 4.69) is 0 Å². The van der Waals surface area contributed by atoms with Gasteiger partial charge in [-0.2, -0.15) is 0 Å². The lowest BCUT2D eigenvalue weighted by molar-refractivity contribution is 0.0698. The maximum Gasteiger partial charge on any atom is 0.337 e. The third kappa shape index (κ3) is 2.22. The second-order valence-electron chi connectivity index (χ2n) is 3.39. The summed E-state index contributed by atoms with van der Waals surface area (Å²) in [4.78, 5) is 11.3. The van der Waals surface area contributed by atoms with E-state index < -0.39 is 27.2 Å². The molecule has 7 heteroatoms. The summed E-state index contributed by atoms with van der Waals surface area (Å²) in [6.45, 7) is 0. The maximum absolute atomic E-state index is 11.3. The minimum Gasteiger partial charge on any atom is -0.478 e. The van der Waals surface area contributed by atoms with Gasteiger partial charge in [0.2, 0.25) is 0 Å². The fourth-order valence-corrected chi connectivity index (χ4v) is 3.53. The molecule has 0 aliphatic heterocycles. The summed E-state index contributed by atoms with van der Waals surface area (Å²) < 4.78 is 11.3. The monoisotopic (exact) mass is 416 g/mol. The minimum absolute atomic E-state index is 0.0705. The zero-order chi connectivity index (χ0) is 13.4. The first kappa shape index (κ1) is 14.0. The van der Waals surface area contributed by atoms with Gasteiger partial charge in [0.15, 0.2) is 21.2 Å². The molecule has 2 rings (SSSR count). The van der Waals surface area contributed by atoms with Gasteiger partial charge in [-0.25, -0.2) is 4.79 Å². The lowest BCUT2D eigenvalue weighted by Crippen LogP contribution is -2.02. The number of carboxylic acid groups (broad SMARTS) is 1. The zero-order valence-electron chi connectivity index (χ0n) is 8.51. The Hall–Kier alpha value is -0.430. The highest BCUT2D eigenvalue weighted by Crippen LogP contribution is 2.38. The van der Waals surface area contributed by atoms with Crippen molar-refractivity contribution in [3.8, 4) is 0 Å². The van der Waals surface area contributed by atoms with Crippen molar-refractivity contribution in [1.82, 2.24) is 0 Å². The van der Waals surface area contributed by atoms with Crippen molar-refractivity contribution < 1.29 is 13.0 Å². The quantitative estimate of drug-likeness (QED) is 0.701. The van der Waals surface area contributed by atoms with E-state index in [0.717, 1.165) is 0 Å². The van der Waals surface area contributed by atoms with E-state index in [-0.39, 0.29) is 19.2 Å². The van der Waals surface area contributed by atoms with Crippen LogP contribution in [0.3, 0.4) is 0 Å². The van der Waals surface area contributed by atoms with Gasteiger partial charge in [0.25, 0.3) is 0 Å². The highest BCUT2D eigenvalue weighted by molar-refractivity contribution is 14.1. The first-order chi connectivity index (χ1) is 8.47. The van der Waals surface area contributed by atoms with Gasteiger partial charge in [-0.3, -0.25) is 3.07 Å². The molecule has 0 unspecified atom stereocenters. The molecular weight excluding hydrogens is 413 g/mol. The van der Waals surface area contributed by atoms with Crippen LogP contribution in [-0.4, -0.2) is 11.1 Å². The van der Waals surface area contributed by atoms with Crippen LogP contribution in [0.15, 0.2) is 18.2 Å². The normalized spacial score (nSPS) is 10.8. The first-order valence-electron chi connectivity index (χ1n) is 4.58. The molecule has 0 saturated carbocycles. The van der Waals surface area contributed by atoms with Crippen molar-refractivity contribution in [1.29, 1.82) is 0 Å². The minimum atomic E-state index is -1.70. The number of fused-ring (bicyclic) bond motifs is 1. The van der Waals surface area contributed by atoms with E-state index in [1.807, 2.05) is 0 Å². The highest BCUT2D eigenvalue weighted by atomic mass is 127. The fourth-order valence-electron chi connectivity index (χ4n) is 1.64. The van der Waals surface area contributed by atoms with Crippen LogP contribution in [0.2, 0.25) is 15.1 Å². The number of carboxylic acids is 1. The predicted octanol–water partition coefficient (Wildman–Crippen LogP) is 4.98. The summed E-state index contributed by atoms with van der Waals surface area (Å²) in [6, 6.07) is 4.52.